The molecule has 0 spiro atoms. The minimum atomic E-state index is -1.84. The zero-order chi connectivity index (χ0) is 63.1. The lowest BCUT2D eigenvalue weighted by atomic mass is 9.35. The molecule has 27 heteroatoms. The molecule has 5 saturated heterocycles. The summed E-state index contributed by atoms with van der Waals surface area (Å²) in [6, 6.07) is 0. The van der Waals surface area contributed by atoms with Gasteiger partial charge in [0.05, 0.1) is 50.8 Å². The molecule has 5 aliphatic heterocycles. The van der Waals surface area contributed by atoms with Gasteiger partial charge in [-0.2, -0.15) is 0 Å². The van der Waals surface area contributed by atoms with Crippen LogP contribution in [0.3, 0.4) is 0 Å². The average molecular weight is 1240 g/mol. The lowest BCUT2D eigenvalue weighted by molar-refractivity contribution is -0.378. The molecule has 0 aromatic rings. The fourth-order valence-electron chi connectivity index (χ4n) is 17.4. The van der Waals surface area contributed by atoms with Crippen LogP contribution in [-0.4, -0.2) is 285 Å². The molecule has 17 N–H and O–H groups in total. The fourth-order valence-corrected chi connectivity index (χ4v) is 17.4. The Kier molecular flexibility index (Phi) is 21.3. The lowest BCUT2D eigenvalue weighted by Gasteiger charge is -2.71. The summed E-state index contributed by atoms with van der Waals surface area (Å²) in [4.78, 5) is 0. The van der Waals surface area contributed by atoms with Crippen LogP contribution in [0.5, 0.6) is 0 Å². The number of hydrogen-bond donors (Lipinski definition) is 17. The molecule has 34 atom stereocenters. The number of fused-ring (bicyclic) bond motifs is 5. The molecule has 9 rings (SSSR count). The van der Waals surface area contributed by atoms with Crippen LogP contribution in [0, 0.1) is 45.3 Å². The Labute approximate surface area is 501 Å². The third-order valence-electron chi connectivity index (χ3n) is 22.6. The molecule has 0 radical (unpaired) electrons. The summed E-state index contributed by atoms with van der Waals surface area (Å²) < 4.78 is 60.3. The molecule has 498 valence electrons. The standard InChI is InChI=1S/C59H100O27/c1-24(2)10-9-14-59(8,86-53-48(76)43(71)40(68)31(83-53)23-79-51-46(74)42(70)39(67)30(82-51)22-78-50-45(73)36(64)27(63)21-77-50)25-11-16-58(7)35(25)26(62)18-33-56(5)15-13-34(55(3,4)32(56)12-17-57(33,58)6)84-54-49(44(72)38(66)29(20-61)81-54)85-52-47(75)41(69)37(65)28(19-60)80-52/h10,25-54,60-76H,9,11-23H2,1-8H3/t25-,26+,27-,28+,29+,30+,31+,32-,33+,34-,35-,36-,37+,38+,39+,40+,41-,42-,43-,44-,45-,46+,47+,48+,49+,50+,51+,52-,53+,54-,56-,57+,58+,59-/m0/s1. The Balaban J connectivity index is 0.902. The van der Waals surface area contributed by atoms with E-state index in [9.17, 15) is 86.8 Å². The number of aliphatic hydroxyl groups excluding tert-OH is 17. The zero-order valence-corrected chi connectivity index (χ0v) is 50.5. The lowest BCUT2D eigenvalue weighted by Crippen LogP contribution is -2.68. The third kappa shape index (κ3) is 12.4. The highest BCUT2D eigenvalue weighted by Crippen LogP contribution is 2.76. The summed E-state index contributed by atoms with van der Waals surface area (Å²) >= 11 is 0. The maximum Gasteiger partial charge on any atom is 0.187 e. The van der Waals surface area contributed by atoms with E-state index < -0.39 is 202 Å². The van der Waals surface area contributed by atoms with Crippen molar-refractivity contribution in [2.24, 2.45) is 45.3 Å². The van der Waals surface area contributed by atoms with Gasteiger partial charge in [0.15, 0.2) is 31.5 Å². The molecule has 4 aliphatic carbocycles. The average Bonchev–Trinajstić information content (AvgIpc) is 1.22. The van der Waals surface area contributed by atoms with Crippen molar-refractivity contribution in [1.29, 1.82) is 0 Å². The number of allylic oxidation sites excluding steroid dienone is 2. The van der Waals surface area contributed by atoms with Gasteiger partial charge >= 0.3 is 0 Å². The maximum atomic E-state index is 12.9. The van der Waals surface area contributed by atoms with Crippen molar-refractivity contribution < 1.29 is 134 Å². The Morgan fingerprint density at radius 1 is 0.512 bits per heavy atom. The van der Waals surface area contributed by atoms with Crippen LogP contribution in [-0.2, 0) is 47.4 Å². The summed E-state index contributed by atoms with van der Waals surface area (Å²) in [6.45, 7) is 14.1. The van der Waals surface area contributed by atoms with Crippen molar-refractivity contribution in [1.82, 2.24) is 0 Å². The van der Waals surface area contributed by atoms with Crippen molar-refractivity contribution in [3.8, 4) is 0 Å². The van der Waals surface area contributed by atoms with Gasteiger partial charge in [-0.1, -0.05) is 46.3 Å². The number of aliphatic hydroxyl groups is 17. The quantitative estimate of drug-likeness (QED) is 0.0463. The molecule has 86 heavy (non-hydrogen) atoms. The monoisotopic (exact) mass is 1240 g/mol. The third-order valence-corrected chi connectivity index (χ3v) is 22.6. The van der Waals surface area contributed by atoms with Gasteiger partial charge in [-0.15, -0.1) is 0 Å². The van der Waals surface area contributed by atoms with Gasteiger partial charge in [0.25, 0.3) is 0 Å². The van der Waals surface area contributed by atoms with E-state index >= 15 is 0 Å². The van der Waals surface area contributed by atoms with E-state index in [1.165, 1.54) is 0 Å². The Hall–Kier alpha value is -1.34. The Bertz CT molecular complexity index is 2260. The summed E-state index contributed by atoms with van der Waals surface area (Å²) in [6.07, 6.45) is -32.7. The Morgan fingerprint density at radius 3 is 1.63 bits per heavy atom. The SMILES string of the molecule is CC(C)=CCC[C@](C)(O[C@H]1O[C@H](CO[C@@H]2O[C@H](CO[C@H]3OC[C@H](O)[C@H](O)[C@@H]3O)[C@@H](O)[C@H](O)[C@H]2O)[C@@H](O)[C@H](O)[C@H]1O)[C@H]1CC[C@]2(C)[C@@H]1[C@H](O)C[C@@H]1[C@@]3(C)CC[C@H](O[C@@H]4O[C@H](CO)[C@@H](O)[C@H](O)[C@H]4O[C@@H]4O[C@H](CO)[C@@H](O)[C@H](O)[C@H]4O)C(C)(C)[C@@H]3CC[C@]12C. The molecule has 0 aromatic carbocycles. The summed E-state index contributed by atoms with van der Waals surface area (Å²) in [5, 5.41) is 185. The van der Waals surface area contributed by atoms with Crippen molar-refractivity contribution >= 4 is 0 Å². The normalized spacial score (nSPS) is 52.9. The van der Waals surface area contributed by atoms with Crippen molar-refractivity contribution in [2.45, 2.75) is 278 Å². The molecule has 9 fully saturated rings. The van der Waals surface area contributed by atoms with E-state index in [2.05, 4.69) is 40.7 Å². The minimum Gasteiger partial charge on any atom is -0.394 e. The first-order valence-electron chi connectivity index (χ1n) is 30.8. The van der Waals surface area contributed by atoms with Crippen LogP contribution < -0.4 is 0 Å². The predicted octanol–water partition coefficient (Wildman–Crippen LogP) is -3.74. The molecule has 5 heterocycles. The number of ether oxygens (including phenoxy) is 10. The first kappa shape index (κ1) is 69.0. The van der Waals surface area contributed by atoms with E-state index in [0.717, 1.165) is 24.8 Å². The first-order chi connectivity index (χ1) is 40.3. The molecular formula is C59H100O27. The van der Waals surface area contributed by atoms with Crippen LogP contribution >= 0.6 is 0 Å². The largest absolute Gasteiger partial charge is 0.394 e. The fraction of sp³-hybridized carbons (Fsp3) is 0.966. The highest BCUT2D eigenvalue weighted by Gasteiger charge is 2.72. The van der Waals surface area contributed by atoms with Crippen molar-refractivity contribution in [3.05, 3.63) is 11.6 Å². The molecule has 4 saturated carbocycles. The molecule has 27 nitrogen and oxygen atoms in total. The van der Waals surface area contributed by atoms with E-state index in [4.69, 9.17) is 47.4 Å². The maximum absolute atomic E-state index is 12.9. The van der Waals surface area contributed by atoms with Gasteiger partial charge in [0, 0.05) is 0 Å². The molecule has 0 aromatic heterocycles. The Morgan fingerprint density at radius 2 is 1.02 bits per heavy atom. The number of rotatable bonds is 18. The highest BCUT2D eigenvalue weighted by molar-refractivity contribution is 5.21. The zero-order valence-electron chi connectivity index (χ0n) is 50.5. The highest BCUT2D eigenvalue weighted by atomic mass is 16.8. The predicted molar refractivity (Wildman–Crippen MR) is 293 cm³/mol. The second-order valence-corrected chi connectivity index (χ2v) is 28.1. The minimum absolute atomic E-state index is 0.00770. The molecule has 0 unspecified atom stereocenters. The summed E-state index contributed by atoms with van der Waals surface area (Å²) in [5.74, 6) is -0.613. The van der Waals surface area contributed by atoms with Crippen LogP contribution in [0.4, 0.5) is 0 Å². The van der Waals surface area contributed by atoms with Crippen LogP contribution in [0.15, 0.2) is 11.6 Å². The van der Waals surface area contributed by atoms with Crippen molar-refractivity contribution in [2.75, 3.05) is 33.0 Å². The van der Waals surface area contributed by atoms with Gasteiger partial charge in [-0.05, 0) is 124 Å². The molecule has 0 amide bonds. The van der Waals surface area contributed by atoms with Gasteiger partial charge < -0.3 is 134 Å². The summed E-state index contributed by atoms with van der Waals surface area (Å²) in [5.41, 5.74) is -1.79. The van der Waals surface area contributed by atoms with E-state index in [-0.39, 0.29) is 41.1 Å². The first-order valence-corrected chi connectivity index (χ1v) is 30.8. The van der Waals surface area contributed by atoms with Crippen molar-refractivity contribution in [3.63, 3.8) is 0 Å². The molecule has 9 aliphatic rings. The van der Waals surface area contributed by atoms with Gasteiger partial charge in [-0.25, -0.2) is 0 Å². The number of hydrogen-bond acceptors (Lipinski definition) is 27. The van der Waals surface area contributed by atoms with E-state index in [1.807, 2.05) is 20.8 Å². The van der Waals surface area contributed by atoms with Gasteiger partial charge in [0.1, 0.15) is 116 Å². The molecular weight excluding hydrogens is 1140 g/mol. The smallest absolute Gasteiger partial charge is 0.187 e. The van der Waals surface area contributed by atoms with E-state index in [0.29, 0.717) is 38.5 Å². The second kappa shape index (κ2) is 26.6. The topological polar surface area (TPSA) is 436 Å². The molecule has 0 bridgehead atoms. The van der Waals surface area contributed by atoms with Crippen LogP contribution in [0.1, 0.15) is 113 Å². The van der Waals surface area contributed by atoms with Crippen LogP contribution in [0.25, 0.3) is 0 Å². The van der Waals surface area contributed by atoms with E-state index in [1.54, 1.807) is 0 Å². The van der Waals surface area contributed by atoms with Gasteiger partial charge in [-0.3, -0.25) is 0 Å². The summed E-state index contributed by atoms with van der Waals surface area (Å²) in [7, 11) is 0. The van der Waals surface area contributed by atoms with Gasteiger partial charge in [0.2, 0.25) is 0 Å². The van der Waals surface area contributed by atoms with Crippen LogP contribution in [0.2, 0.25) is 0 Å². The second-order valence-electron chi connectivity index (χ2n) is 28.1.